The van der Waals surface area contributed by atoms with Gasteiger partial charge in [0.2, 0.25) is 0 Å². The van der Waals surface area contributed by atoms with Gasteiger partial charge in [0.1, 0.15) is 11.5 Å². The monoisotopic (exact) mass is 285 g/mol. The van der Waals surface area contributed by atoms with Crippen LogP contribution < -0.4 is 10.1 Å². The summed E-state index contributed by atoms with van der Waals surface area (Å²) in [6.07, 6.45) is 0.924. The summed E-state index contributed by atoms with van der Waals surface area (Å²) in [6, 6.07) is 16.7. The van der Waals surface area contributed by atoms with Gasteiger partial charge >= 0.3 is 0 Å². The second-order valence-electron chi connectivity index (χ2n) is 5.07. The van der Waals surface area contributed by atoms with Crippen LogP contribution in [0.5, 0.6) is 11.5 Å². The van der Waals surface area contributed by atoms with Gasteiger partial charge in [0.25, 0.3) is 0 Å². The third-order valence-electron chi connectivity index (χ3n) is 3.57. The van der Waals surface area contributed by atoms with Crippen molar-refractivity contribution in [1.82, 2.24) is 5.32 Å². The molecule has 1 N–H and O–H groups in total. The summed E-state index contributed by atoms with van der Waals surface area (Å²) in [4.78, 5) is 0. The zero-order chi connectivity index (χ0) is 15.1. The normalized spacial score (nSPS) is 12.1. The van der Waals surface area contributed by atoms with Gasteiger partial charge in [-0.15, -0.1) is 0 Å². The molecular formula is C18H23NO2. The van der Waals surface area contributed by atoms with E-state index in [2.05, 4.69) is 36.5 Å². The first-order chi connectivity index (χ1) is 10.2. The summed E-state index contributed by atoms with van der Waals surface area (Å²) in [5, 5.41) is 3.22. The van der Waals surface area contributed by atoms with Crippen LogP contribution in [0.4, 0.5) is 0 Å². The van der Waals surface area contributed by atoms with Crippen molar-refractivity contribution in [2.24, 2.45) is 0 Å². The van der Waals surface area contributed by atoms with Crippen molar-refractivity contribution in [1.29, 1.82) is 0 Å². The molecule has 0 bridgehead atoms. The Hall–Kier alpha value is -1.84. The number of ether oxygens (including phenoxy) is 2. The van der Waals surface area contributed by atoms with Gasteiger partial charge in [-0.25, -0.2) is 0 Å². The highest BCUT2D eigenvalue weighted by molar-refractivity contribution is 5.35. The number of hydrogen-bond donors (Lipinski definition) is 1. The van der Waals surface area contributed by atoms with E-state index < -0.39 is 0 Å². The van der Waals surface area contributed by atoms with Crippen LogP contribution in [0, 0.1) is 0 Å². The summed E-state index contributed by atoms with van der Waals surface area (Å²) in [7, 11) is 3.68. The fraction of sp³-hybridized carbons (Fsp3) is 0.333. The van der Waals surface area contributed by atoms with Crippen LogP contribution in [0.1, 0.15) is 24.1 Å². The van der Waals surface area contributed by atoms with Crippen molar-refractivity contribution in [2.45, 2.75) is 19.4 Å². The van der Waals surface area contributed by atoms with E-state index in [9.17, 15) is 0 Å². The Bertz CT molecular complexity index is 534. The predicted molar refractivity (Wildman–Crippen MR) is 86.0 cm³/mol. The van der Waals surface area contributed by atoms with Crippen molar-refractivity contribution in [3.8, 4) is 11.5 Å². The Labute approximate surface area is 126 Å². The first-order valence-electron chi connectivity index (χ1n) is 7.26. The van der Waals surface area contributed by atoms with Crippen LogP contribution in [-0.2, 0) is 11.2 Å². The Morgan fingerprint density at radius 2 is 1.52 bits per heavy atom. The lowest BCUT2D eigenvalue weighted by molar-refractivity contribution is 0.202. The molecule has 0 spiro atoms. The third-order valence-corrected chi connectivity index (χ3v) is 3.57. The molecule has 0 fully saturated rings. The highest BCUT2D eigenvalue weighted by Crippen LogP contribution is 2.23. The van der Waals surface area contributed by atoms with Crippen molar-refractivity contribution in [3.05, 3.63) is 59.7 Å². The summed E-state index contributed by atoms with van der Waals surface area (Å²) in [5.74, 6) is 1.71. The molecule has 0 aliphatic carbocycles. The SMILES string of the molecule is CNC(C)c1ccc(Oc2ccc(CCOC)cc2)cc1. The second kappa shape index (κ2) is 7.81. The molecular weight excluding hydrogens is 262 g/mol. The molecule has 1 atom stereocenters. The Morgan fingerprint density at radius 1 is 0.952 bits per heavy atom. The number of methoxy groups -OCH3 is 1. The molecule has 21 heavy (non-hydrogen) atoms. The molecule has 0 saturated carbocycles. The Kier molecular flexibility index (Phi) is 5.78. The standard InChI is InChI=1S/C18H23NO2/c1-14(19-2)16-6-10-18(11-7-16)21-17-8-4-15(5-9-17)12-13-20-3/h4-11,14,19H,12-13H2,1-3H3. The molecule has 1 unspecified atom stereocenters. The highest BCUT2D eigenvalue weighted by atomic mass is 16.5. The molecule has 0 heterocycles. The topological polar surface area (TPSA) is 30.5 Å². The summed E-state index contributed by atoms with van der Waals surface area (Å²) in [5.41, 5.74) is 2.50. The van der Waals surface area contributed by atoms with Gasteiger partial charge in [0, 0.05) is 13.2 Å². The maximum absolute atomic E-state index is 5.85. The van der Waals surface area contributed by atoms with E-state index in [1.54, 1.807) is 7.11 Å². The van der Waals surface area contributed by atoms with Gasteiger partial charge in [-0.05, 0) is 55.8 Å². The fourth-order valence-electron chi connectivity index (χ4n) is 2.07. The highest BCUT2D eigenvalue weighted by Gasteiger charge is 2.03. The summed E-state index contributed by atoms with van der Waals surface area (Å²) < 4.78 is 10.9. The van der Waals surface area contributed by atoms with Crippen molar-refractivity contribution >= 4 is 0 Å². The van der Waals surface area contributed by atoms with E-state index in [0.29, 0.717) is 6.04 Å². The first kappa shape index (κ1) is 15.5. The summed E-state index contributed by atoms with van der Waals surface area (Å²) in [6.45, 7) is 2.87. The first-order valence-corrected chi connectivity index (χ1v) is 7.26. The third kappa shape index (κ3) is 4.59. The summed E-state index contributed by atoms with van der Waals surface area (Å²) >= 11 is 0. The molecule has 2 rings (SSSR count). The molecule has 0 aromatic heterocycles. The van der Waals surface area contributed by atoms with E-state index in [1.807, 2.05) is 31.3 Å². The minimum absolute atomic E-state index is 0.346. The molecule has 0 aliphatic heterocycles. The lowest BCUT2D eigenvalue weighted by Gasteiger charge is -2.12. The molecule has 3 nitrogen and oxygen atoms in total. The fourth-order valence-corrected chi connectivity index (χ4v) is 2.07. The maximum atomic E-state index is 5.85. The van der Waals surface area contributed by atoms with Crippen LogP contribution in [0.2, 0.25) is 0 Å². The number of benzene rings is 2. The van der Waals surface area contributed by atoms with Crippen molar-refractivity contribution in [2.75, 3.05) is 20.8 Å². The maximum Gasteiger partial charge on any atom is 0.127 e. The molecule has 0 saturated heterocycles. The van der Waals surface area contributed by atoms with E-state index >= 15 is 0 Å². The molecule has 0 radical (unpaired) electrons. The second-order valence-corrected chi connectivity index (χ2v) is 5.07. The van der Waals surface area contributed by atoms with E-state index in [0.717, 1.165) is 24.5 Å². The zero-order valence-electron chi connectivity index (χ0n) is 12.9. The minimum Gasteiger partial charge on any atom is -0.457 e. The quantitative estimate of drug-likeness (QED) is 0.835. The van der Waals surface area contributed by atoms with E-state index in [1.165, 1.54) is 11.1 Å². The van der Waals surface area contributed by atoms with Gasteiger partial charge in [-0.1, -0.05) is 24.3 Å². The zero-order valence-corrected chi connectivity index (χ0v) is 12.9. The van der Waals surface area contributed by atoms with E-state index in [4.69, 9.17) is 9.47 Å². The van der Waals surface area contributed by atoms with Crippen LogP contribution in [0.25, 0.3) is 0 Å². The number of hydrogen-bond acceptors (Lipinski definition) is 3. The van der Waals surface area contributed by atoms with Crippen LogP contribution in [0.3, 0.4) is 0 Å². The Morgan fingerprint density at radius 3 is 2.05 bits per heavy atom. The van der Waals surface area contributed by atoms with Gasteiger partial charge < -0.3 is 14.8 Å². The Balaban J connectivity index is 1.97. The lowest BCUT2D eigenvalue weighted by atomic mass is 10.1. The largest absolute Gasteiger partial charge is 0.457 e. The van der Waals surface area contributed by atoms with Gasteiger partial charge in [-0.2, -0.15) is 0 Å². The molecule has 0 amide bonds. The smallest absolute Gasteiger partial charge is 0.127 e. The molecule has 0 aliphatic rings. The van der Waals surface area contributed by atoms with Gasteiger partial charge in [0.15, 0.2) is 0 Å². The average molecular weight is 285 g/mol. The number of rotatable bonds is 7. The predicted octanol–water partition coefficient (Wildman–Crippen LogP) is 3.95. The van der Waals surface area contributed by atoms with Crippen molar-refractivity contribution < 1.29 is 9.47 Å². The van der Waals surface area contributed by atoms with Crippen LogP contribution in [-0.4, -0.2) is 20.8 Å². The molecule has 112 valence electrons. The van der Waals surface area contributed by atoms with E-state index in [-0.39, 0.29) is 0 Å². The van der Waals surface area contributed by atoms with Crippen LogP contribution in [0.15, 0.2) is 48.5 Å². The minimum atomic E-state index is 0.346. The molecule has 3 heteroatoms. The van der Waals surface area contributed by atoms with Gasteiger partial charge in [0.05, 0.1) is 6.61 Å². The molecule has 2 aromatic rings. The number of nitrogens with one attached hydrogen (secondary N) is 1. The van der Waals surface area contributed by atoms with Gasteiger partial charge in [-0.3, -0.25) is 0 Å². The van der Waals surface area contributed by atoms with Crippen LogP contribution >= 0.6 is 0 Å². The lowest BCUT2D eigenvalue weighted by Crippen LogP contribution is -2.11. The average Bonchev–Trinajstić information content (AvgIpc) is 2.54. The molecule has 2 aromatic carbocycles. The van der Waals surface area contributed by atoms with Crippen molar-refractivity contribution in [3.63, 3.8) is 0 Å².